The van der Waals surface area contributed by atoms with Gasteiger partial charge in [0.25, 0.3) is 5.91 Å². The number of halogens is 1. The summed E-state index contributed by atoms with van der Waals surface area (Å²) in [5, 5.41) is 12.2. The van der Waals surface area contributed by atoms with Gasteiger partial charge in [0, 0.05) is 17.1 Å². The van der Waals surface area contributed by atoms with Crippen molar-refractivity contribution in [2.24, 2.45) is 0 Å². The van der Waals surface area contributed by atoms with E-state index >= 15 is 0 Å². The molecule has 142 valence electrons. The maximum Gasteiger partial charge on any atom is 0.286 e. The predicted octanol–water partition coefficient (Wildman–Crippen LogP) is 4.54. The van der Waals surface area contributed by atoms with Crippen LogP contribution in [0.25, 0.3) is 0 Å². The highest BCUT2D eigenvalue weighted by Crippen LogP contribution is 2.24. The molecule has 0 saturated heterocycles. The number of benzene rings is 1. The van der Waals surface area contributed by atoms with E-state index in [0.717, 1.165) is 28.2 Å². The van der Waals surface area contributed by atoms with Crippen LogP contribution in [0.1, 0.15) is 26.6 Å². The van der Waals surface area contributed by atoms with Crippen molar-refractivity contribution in [3.63, 3.8) is 0 Å². The molecule has 0 aliphatic heterocycles. The molecule has 0 radical (unpaired) electrons. The summed E-state index contributed by atoms with van der Waals surface area (Å²) in [7, 11) is 1.60. The Kier molecular flexibility index (Phi) is 6.78. The van der Waals surface area contributed by atoms with Crippen molar-refractivity contribution in [3.8, 4) is 5.75 Å². The van der Waals surface area contributed by atoms with E-state index < -0.39 is 0 Å². The zero-order valence-electron chi connectivity index (χ0n) is 14.9. The molecule has 2 heterocycles. The molecule has 27 heavy (non-hydrogen) atoms. The number of rotatable bonds is 8. The molecule has 0 unspecified atom stereocenters. The summed E-state index contributed by atoms with van der Waals surface area (Å²) in [6.45, 7) is 4.39. The summed E-state index contributed by atoms with van der Waals surface area (Å²) in [5.41, 5.74) is 0.683. The molecule has 1 amide bonds. The van der Waals surface area contributed by atoms with Crippen LogP contribution in [0.2, 0.25) is 4.34 Å². The topological polar surface area (TPSA) is 67.4 Å². The normalized spacial score (nSPS) is 11.0. The quantitative estimate of drug-likeness (QED) is 0.577. The molecule has 3 rings (SSSR count). The zero-order chi connectivity index (χ0) is 19.2. The largest absolute Gasteiger partial charge is 0.497 e. The fourth-order valence-corrected chi connectivity index (χ4v) is 4.30. The SMILES string of the molecule is CCN(Cc1ccc(Cl)s1)Cc1nnc(C(=O)Nc2ccc(OC)cc2)s1. The third kappa shape index (κ3) is 5.49. The van der Waals surface area contributed by atoms with Crippen LogP contribution in [-0.4, -0.2) is 34.7 Å². The first-order valence-electron chi connectivity index (χ1n) is 8.31. The zero-order valence-corrected chi connectivity index (χ0v) is 17.3. The van der Waals surface area contributed by atoms with Gasteiger partial charge < -0.3 is 10.1 Å². The Labute approximate surface area is 170 Å². The summed E-state index contributed by atoms with van der Waals surface area (Å²) in [6.07, 6.45) is 0. The van der Waals surface area contributed by atoms with Crippen LogP contribution in [0, 0.1) is 0 Å². The second-order valence-corrected chi connectivity index (χ2v) is 8.55. The number of carbonyl (C=O) groups is 1. The van der Waals surface area contributed by atoms with Gasteiger partial charge in [-0.2, -0.15) is 0 Å². The Morgan fingerprint density at radius 3 is 2.56 bits per heavy atom. The third-order valence-electron chi connectivity index (χ3n) is 3.82. The summed E-state index contributed by atoms with van der Waals surface area (Å²) in [4.78, 5) is 15.8. The number of aromatic nitrogens is 2. The minimum atomic E-state index is -0.267. The van der Waals surface area contributed by atoms with Gasteiger partial charge in [0.05, 0.1) is 18.0 Å². The Hall–Kier alpha value is -2.00. The maximum absolute atomic E-state index is 12.4. The van der Waals surface area contributed by atoms with Gasteiger partial charge in [-0.05, 0) is 42.9 Å². The Morgan fingerprint density at radius 1 is 1.15 bits per heavy atom. The lowest BCUT2D eigenvalue weighted by molar-refractivity contribution is 0.102. The molecular formula is C18H19ClN4O2S2. The van der Waals surface area contributed by atoms with E-state index in [1.54, 1.807) is 42.7 Å². The van der Waals surface area contributed by atoms with Crippen molar-refractivity contribution in [2.45, 2.75) is 20.0 Å². The summed E-state index contributed by atoms with van der Waals surface area (Å²) in [5.74, 6) is 0.467. The molecular weight excluding hydrogens is 404 g/mol. The third-order valence-corrected chi connectivity index (χ3v) is 5.95. The molecule has 0 spiro atoms. The fourth-order valence-electron chi connectivity index (χ4n) is 2.40. The van der Waals surface area contributed by atoms with Gasteiger partial charge in [0.2, 0.25) is 5.01 Å². The number of hydrogen-bond donors (Lipinski definition) is 1. The van der Waals surface area contributed by atoms with Crippen molar-refractivity contribution in [1.82, 2.24) is 15.1 Å². The van der Waals surface area contributed by atoms with Crippen LogP contribution in [0.15, 0.2) is 36.4 Å². The number of hydrogen-bond acceptors (Lipinski definition) is 7. The van der Waals surface area contributed by atoms with Crippen LogP contribution in [0.4, 0.5) is 5.69 Å². The highest BCUT2D eigenvalue weighted by molar-refractivity contribution is 7.16. The van der Waals surface area contributed by atoms with Crippen molar-refractivity contribution in [3.05, 3.63) is 55.6 Å². The number of amides is 1. The average Bonchev–Trinajstić information content (AvgIpc) is 3.31. The first kappa shape index (κ1) is 19.8. The number of anilines is 1. The van der Waals surface area contributed by atoms with Gasteiger partial charge in [-0.15, -0.1) is 21.5 Å². The van der Waals surface area contributed by atoms with Crippen LogP contribution < -0.4 is 10.1 Å². The lowest BCUT2D eigenvalue weighted by Crippen LogP contribution is -2.21. The lowest BCUT2D eigenvalue weighted by Gasteiger charge is -2.17. The van der Waals surface area contributed by atoms with Crippen molar-refractivity contribution in [1.29, 1.82) is 0 Å². The monoisotopic (exact) mass is 422 g/mol. The maximum atomic E-state index is 12.4. The van der Waals surface area contributed by atoms with E-state index in [1.807, 2.05) is 12.1 Å². The van der Waals surface area contributed by atoms with Crippen LogP contribution in [0.3, 0.4) is 0 Å². The molecule has 1 aromatic carbocycles. The van der Waals surface area contributed by atoms with Gasteiger partial charge in [-0.1, -0.05) is 29.9 Å². The van der Waals surface area contributed by atoms with Crippen molar-refractivity contribution in [2.75, 3.05) is 19.0 Å². The molecule has 0 aliphatic carbocycles. The molecule has 0 bridgehead atoms. The Balaban J connectivity index is 1.59. The Morgan fingerprint density at radius 2 is 1.93 bits per heavy atom. The molecule has 2 aromatic heterocycles. The van der Waals surface area contributed by atoms with Gasteiger partial charge in [-0.25, -0.2) is 0 Å². The summed E-state index contributed by atoms with van der Waals surface area (Å²) >= 11 is 8.88. The molecule has 0 saturated carbocycles. The molecule has 0 fully saturated rings. The highest BCUT2D eigenvalue weighted by atomic mass is 35.5. The van der Waals surface area contributed by atoms with Gasteiger partial charge in [0.1, 0.15) is 10.8 Å². The average molecular weight is 423 g/mol. The summed E-state index contributed by atoms with van der Waals surface area (Å²) < 4.78 is 5.90. The van der Waals surface area contributed by atoms with E-state index in [9.17, 15) is 4.79 Å². The second-order valence-electron chi connectivity index (χ2n) is 5.69. The molecule has 3 aromatic rings. The minimum absolute atomic E-state index is 0.267. The number of thiophene rings is 1. The van der Waals surface area contributed by atoms with E-state index in [-0.39, 0.29) is 5.91 Å². The van der Waals surface area contributed by atoms with Gasteiger partial charge in [-0.3, -0.25) is 9.69 Å². The van der Waals surface area contributed by atoms with E-state index in [0.29, 0.717) is 17.2 Å². The van der Waals surface area contributed by atoms with E-state index in [1.165, 1.54) is 16.2 Å². The van der Waals surface area contributed by atoms with Crippen LogP contribution in [0.5, 0.6) is 5.75 Å². The fraction of sp³-hybridized carbons (Fsp3) is 0.278. The standard InChI is InChI=1S/C18H19ClN4O2S2/c1-3-23(10-14-8-9-15(19)26-14)11-16-21-22-18(27-16)17(24)20-12-4-6-13(25-2)7-5-12/h4-9H,3,10-11H2,1-2H3,(H,20,24). The molecule has 6 nitrogen and oxygen atoms in total. The van der Waals surface area contributed by atoms with E-state index in [2.05, 4.69) is 27.3 Å². The second kappa shape index (κ2) is 9.27. The molecule has 1 N–H and O–H groups in total. The smallest absolute Gasteiger partial charge is 0.286 e. The first-order chi connectivity index (χ1) is 13.1. The number of methoxy groups -OCH3 is 1. The molecule has 9 heteroatoms. The lowest BCUT2D eigenvalue weighted by atomic mass is 10.3. The van der Waals surface area contributed by atoms with Crippen molar-refractivity contribution >= 4 is 45.9 Å². The number of nitrogens with one attached hydrogen (secondary N) is 1. The van der Waals surface area contributed by atoms with Crippen LogP contribution in [-0.2, 0) is 13.1 Å². The molecule has 0 atom stereocenters. The Bertz CT molecular complexity index is 895. The molecule has 0 aliphatic rings. The predicted molar refractivity (Wildman–Crippen MR) is 110 cm³/mol. The summed E-state index contributed by atoms with van der Waals surface area (Å²) in [6, 6.07) is 11.1. The number of carbonyl (C=O) groups excluding carboxylic acids is 1. The van der Waals surface area contributed by atoms with E-state index in [4.69, 9.17) is 16.3 Å². The minimum Gasteiger partial charge on any atom is -0.497 e. The highest BCUT2D eigenvalue weighted by Gasteiger charge is 2.15. The van der Waals surface area contributed by atoms with Gasteiger partial charge >= 0.3 is 0 Å². The first-order valence-corrected chi connectivity index (χ1v) is 10.3. The number of ether oxygens (including phenoxy) is 1. The van der Waals surface area contributed by atoms with Gasteiger partial charge in [0.15, 0.2) is 0 Å². The van der Waals surface area contributed by atoms with Crippen LogP contribution >= 0.6 is 34.3 Å². The van der Waals surface area contributed by atoms with Crippen molar-refractivity contribution < 1.29 is 9.53 Å². The number of nitrogens with zero attached hydrogens (tertiary/aromatic N) is 3.